The molecule has 0 bridgehead atoms. The number of carbonyl (C=O) groups is 1. The van der Waals surface area contributed by atoms with Gasteiger partial charge in [-0.05, 0) is 18.1 Å². The Labute approximate surface area is 177 Å². The topological polar surface area (TPSA) is 92.5 Å². The van der Waals surface area contributed by atoms with Crippen LogP contribution in [0.3, 0.4) is 0 Å². The lowest BCUT2D eigenvalue weighted by molar-refractivity contribution is -0.432. The molecule has 0 aliphatic heterocycles. The summed E-state index contributed by atoms with van der Waals surface area (Å²) >= 11 is 6.39. The van der Waals surface area contributed by atoms with E-state index in [1.54, 1.807) is 52.0 Å². The van der Waals surface area contributed by atoms with E-state index in [4.69, 9.17) is 11.6 Å². The molecule has 1 aromatic rings. The molecule has 0 aliphatic carbocycles. The number of hydrogen-bond donors (Lipinski definition) is 2. The number of benzene rings is 1. The van der Waals surface area contributed by atoms with Crippen LogP contribution in [0.5, 0.6) is 0 Å². The number of aliphatic hydroxyl groups excluding tert-OH is 1. The standard InChI is InChI=1S/C22H31ClN2O4/c1-6-7-12-20(26)24-21(16-10-8-9-11-18(16)23)17(22(27)15(4)5)13-19(14(2)3)25(28)29/h8-11,13-15,21,27H,6-7,12H2,1-5H3,(H,24,26)/b19-13+,22-17-. The summed E-state index contributed by atoms with van der Waals surface area (Å²) in [7, 11) is 0. The minimum Gasteiger partial charge on any atom is -0.512 e. The van der Waals surface area contributed by atoms with E-state index < -0.39 is 11.0 Å². The van der Waals surface area contributed by atoms with Crippen LogP contribution in [0.4, 0.5) is 0 Å². The number of amides is 1. The highest BCUT2D eigenvalue weighted by atomic mass is 35.5. The molecule has 6 nitrogen and oxygen atoms in total. The van der Waals surface area contributed by atoms with Crippen molar-refractivity contribution in [2.45, 2.75) is 59.9 Å². The quantitative estimate of drug-likeness (QED) is 0.210. The number of nitrogens with one attached hydrogen (secondary N) is 1. The second-order valence-electron chi connectivity index (χ2n) is 7.60. The Kier molecular flexibility index (Phi) is 9.89. The summed E-state index contributed by atoms with van der Waals surface area (Å²) in [6.45, 7) is 8.98. The number of nitro groups is 1. The molecular formula is C22H31ClN2O4. The number of aliphatic hydroxyl groups is 1. The van der Waals surface area contributed by atoms with E-state index in [2.05, 4.69) is 5.32 Å². The Morgan fingerprint density at radius 3 is 2.34 bits per heavy atom. The Bertz CT molecular complexity index is 785. The molecular weight excluding hydrogens is 392 g/mol. The molecule has 0 heterocycles. The Morgan fingerprint density at radius 1 is 1.24 bits per heavy atom. The third kappa shape index (κ3) is 7.20. The van der Waals surface area contributed by atoms with Crippen molar-refractivity contribution >= 4 is 17.5 Å². The molecule has 7 heteroatoms. The molecule has 0 aliphatic rings. The number of carbonyl (C=O) groups excluding carboxylic acids is 1. The third-order valence-corrected chi connectivity index (χ3v) is 4.88. The summed E-state index contributed by atoms with van der Waals surface area (Å²) < 4.78 is 0. The molecule has 160 valence electrons. The fourth-order valence-electron chi connectivity index (χ4n) is 2.83. The van der Waals surface area contributed by atoms with Gasteiger partial charge in [0, 0.05) is 34.9 Å². The van der Waals surface area contributed by atoms with Crippen molar-refractivity contribution in [1.82, 2.24) is 5.32 Å². The summed E-state index contributed by atoms with van der Waals surface area (Å²) in [6, 6.07) is 6.17. The molecule has 0 saturated carbocycles. The van der Waals surface area contributed by atoms with Crippen LogP contribution in [0, 0.1) is 22.0 Å². The molecule has 0 fully saturated rings. The van der Waals surface area contributed by atoms with Gasteiger partial charge in [0.2, 0.25) is 11.6 Å². The van der Waals surface area contributed by atoms with Crippen LogP contribution in [0.1, 0.15) is 65.5 Å². The summed E-state index contributed by atoms with van der Waals surface area (Å²) in [6.07, 6.45) is 3.28. The van der Waals surface area contributed by atoms with E-state index in [-0.39, 0.29) is 34.8 Å². The van der Waals surface area contributed by atoms with Gasteiger partial charge in [-0.15, -0.1) is 0 Å². The van der Waals surface area contributed by atoms with E-state index in [1.807, 2.05) is 6.92 Å². The fraction of sp³-hybridized carbons (Fsp3) is 0.500. The first-order chi connectivity index (χ1) is 13.6. The second kappa shape index (κ2) is 11.6. The Balaban J connectivity index is 3.65. The number of rotatable bonds is 10. The first-order valence-electron chi connectivity index (χ1n) is 9.92. The minimum atomic E-state index is -0.802. The van der Waals surface area contributed by atoms with Gasteiger partial charge in [-0.2, -0.15) is 0 Å². The normalized spacial score (nSPS) is 14.0. The number of hydrogen-bond acceptors (Lipinski definition) is 4. The van der Waals surface area contributed by atoms with E-state index in [9.17, 15) is 20.0 Å². The van der Waals surface area contributed by atoms with Crippen LogP contribution in [0.25, 0.3) is 0 Å². The number of nitrogens with zero attached hydrogens (tertiary/aromatic N) is 1. The predicted molar refractivity (Wildman–Crippen MR) is 116 cm³/mol. The predicted octanol–water partition coefficient (Wildman–Crippen LogP) is 5.97. The lowest BCUT2D eigenvalue weighted by Crippen LogP contribution is -2.31. The average molecular weight is 423 g/mol. The van der Waals surface area contributed by atoms with Crippen molar-refractivity contribution < 1.29 is 14.8 Å². The Hall–Kier alpha value is -2.34. The van der Waals surface area contributed by atoms with E-state index >= 15 is 0 Å². The van der Waals surface area contributed by atoms with Gasteiger partial charge in [-0.3, -0.25) is 14.9 Å². The van der Waals surface area contributed by atoms with Crippen molar-refractivity contribution in [2.24, 2.45) is 11.8 Å². The van der Waals surface area contributed by atoms with Gasteiger partial charge in [0.05, 0.1) is 11.0 Å². The minimum absolute atomic E-state index is 0.0225. The van der Waals surface area contributed by atoms with Crippen LogP contribution in [0.15, 0.2) is 47.4 Å². The van der Waals surface area contributed by atoms with E-state index in [1.165, 1.54) is 6.08 Å². The highest BCUT2D eigenvalue weighted by Gasteiger charge is 2.27. The summed E-state index contributed by atoms with van der Waals surface area (Å²) in [5.74, 6) is -0.890. The summed E-state index contributed by atoms with van der Waals surface area (Å²) in [5, 5.41) is 25.7. The number of halogens is 1. The zero-order valence-corrected chi connectivity index (χ0v) is 18.5. The zero-order valence-electron chi connectivity index (χ0n) is 17.7. The molecule has 0 aromatic heterocycles. The first kappa shape index (κ1) is 24.7. The van der Waals surface area contributed by atoms with Crippen LogP contribution in [0.2, 0.25) is 5.02 Å². The fourth-order valence-corrected chi connectivity index (χ4v) is 3.08. The zero-order chi connectivity index (χ0) is 22.1. The maximum absolute atomic E-state index is 12.5. The molecule has 2 N–H and O–H groups in total. The van der Waals surface area contributed by atoms with Gasteiger partial charge in [-0.25, -0.2) is 0 Å². The SMILES string of the molecule is CCCCC(=O)NC(C(/C=C(\C(C)C)[N+](=O)[O-])=C(\O)C(C)C)c1ccccc1Cl. The molecule has 1 amide bonds. The molecule has 1 rings (SSSR count). The molecule has 0 saturated heterocycles. The van der Waals surface area contributed by atoms with Gasteiger partial charge in [0.15, 0.2) is 0 Å². The molecule has 1 aromatic carbocycles. The number of allylic oxidation sites excluding steroid dienone is 2. The van der Waals surface area contributed by atoms with Crippen LogP contribution >= 0.6 is 11.6 Å². The van der Waals surface area contributed by atoms with Gasteiger partial charge < -0.3 is 10.4 Å². The van der Waals surface area contributed by atoms with Crippen molar-refractivity contribution in [1.29, 1.82) is 0 Å². The van der Waals surface area contributed by atoms with E-state index in [0.717, 1.165) is 12.8 Å². The number of unbranched alkanes of at least 4 members (excludes halogenated alkanes) is 1. The highest BCUT2D eigenvalue weighted by Crippen LogP contribution is 2.33. The van der Waals surface area contributed by atoms with Gasteiger partial charge in [0.25, 0.3) is 0 Å². The van der Waals surface area contributed by atoms with Gasteiger partial charge >= 0.3 is 0 Å². The van der Waals surface area contributed by atoms with Crippen molar-refractivity contribution in [3.05, 3.63) is 68.1 Å². The molecule has 29 heavy (non-hydrogen) atoms. The molecule has 0 radical (unpaired) electrons. The maximum atomic E-state index is 12.5. The Morgan fingerprint density at radius 2 is 1.86 bits per heavy atom. The van der Waals surface area contributed by atoms with Crippen molar-refractivity contribution in [3.8, 4) is 0 Å². The average Bonchev–Trinajstić information content (AvgIpc) is 2.65. The van der Waals surface area contributed by atoms with Gasteiger partial charge in [0.1, 0.15) is 5.76 Å². The van der Waals surface area contributed by atoms with Crippen LogP contribution < -0.4 is 5.32 Å². The molecule has 1 unspecified atom stereocenters. The van der Waals surface area contributed by atoms with Gasteiger partial charge in [-0.1, -0.05) is 70.8 Å². The lowest BCUT2D eigenvalue weighted by Gasteiger charge is -2.24. The second-order valence-corrected chi connectivity index (χ2v) is 8.01. The smallest absolute Gasteiger partial charge is 0.249 e. The monoisotopic (exact) mass is 422 g/mol. The molecule has 0 spiro atoms. The summed E-state index contributed by atoms with van der Waals surface area (Å²) in [5.41, 5.74) is 0.800. The first-order valence-corrected chi connectivity index (χ1v) is 10.3. The highest BCUT2D eigenvalue weighted by molar-refractivity contribution is 6.31. The largest absolute Gasteiger partial charge is 0.512 e. The molecule has 1 atom stereocenters. The van der Waals surface area contributed by atoms with Crippen LogP contribution in [-0.2, 0) is 4.79 Å². The maximum Gasteiger partial charge on any atom is 0.249 e. The van der Waals surface area contributed by atoms with Crippen LogP contribution in [-0.4, -0.2) is 15.9 Å². The van der Waals surface area contributed by atoms with Crippen molar-refractivity contribution in [3.63, 3.8) is 0 Å². The van der Waals surface area contributed by atoms with E-state index in [0.29, 0.717) is 17.0 Å². The van der Waals surface area contributed by atoms with Crippen molar-refractivity contribution in [2.75, 3.05) is 0 Å². The third-order valence-electron chi connectivity index (χ3n) is 4.54. The lowest BCUT2D eigenvalue weighted by atomic mass is 9.92. The summed E-state index contributed by atoms with van der Waals surface area (Å²) in [4.78, 5) is 23.7.